The standard InChI is InChI=1S/C12H12N4/c1-7-12(10-6-11(13)16-15-10)8-4-2-3-5-9(8)14-7/h2-6,14H,1H3,(H3,13,15,16). The molecular weight excluding hydrogens is 200 g/mol. The largest absolute Gasteiger partial charge is 0.382 e. The van der Waals surface area contributed by atoms with E-state index in [9.17, 15) is 0 Å². The lowest BCUT2D eigenvalue weighted by atomic mass is 10.1. The van der Waals surface area contributed by atoms with Crippen molar-refractivity contribution < 1.29 is 0 Å². The number of H-pyrrole nitrogens is 2. The highest BCUT2D eigenvalue weighted by Crippen LogP contribution is 2.31. The number of anilines is 1. The van der Waals surface area contributed by atoms with Crippen molar-refractivity contribution in [2.75, 3.05) is 5.73 Å². The van der Waals surface area contributed by atoms with Gasteiger partial charge in [0.2, 0.25) is 0 Å². The SMILES string of the molecule is Cc1[nH]c2ccccc2c1-c1cc(N)n[nH]1. The molecule has 0 spiro atoms. The molecule has 0 unspecified atom stereocenters. The lowest BCUT2D eigenvalue weighted by Gasteiger charge is -1.96. The predicted octanol–water partition coefficient (Wildman–Crippen LogP) is 2.45. The number of hydrogen-bond acceptors (Lipinski definition) is 2. The molecule has 4 N–H and O–H groups in total. The van der Waals surface area contributed by atoms with E-state index < -0.39 is 0 Å². The number of hydrogen-bond donors (Lipinski definition) is 3. The van der Waals surface area contributed by atoms with Crippen molar-refractivity contribution in [1.82, 2.24) is 15.2 Å². The van der Waals surface area contributed by atoms with E-state index >= 15 is 0 Å². The highest BCUT2D eigenvalue weighted by atomic mass is 15.2. The molecule has 4 heteroatoms. The van der Waals surface area contributed by atoms with Crippen LogP contribution in [0, 0.1) is 6.92 Å². The van der Waals surface area contributed by atoms with Gasteiger partial charge in [0.1, 0.15) is 5.82 Å². The van der Waals surface area contributed by atoms with E-state index in [0.29, 0.717) is 5.82 Å². The molecule has 0 fully saturated rings. The van der Waals surface area contributed by atoms with E-state index in [0.717, 1.165) is 22.5 Å². The summed E-state index contributed by atoms with van der Waals surface area (Å²) < 4.78 is 0. The molecule has 0 saturated heterocycles. The van der Waals surface area contributed by atoms with Gasteiger partial charge in [-0.2, -0.15) is 5.10 Å². The summed E-state index contributed by atoms with van der Waals surface area (Å²) in [6, 6.07) is 10.0. The molecule has 3 rings (SSSR count). The van der Waals surface area contributed by atoms with Gasteiger partial charge in [0.25, 0.3) is 0 Å². The molecule has 0 aliphatic heterocycles. The summed E-state index contributed by atoms with van der Waals surface area (Å²) in [4.78, 5) is 3.35. The quantitative estimate of drug-likeness (QED) is 0.579. The predicted molar refractivity (Wildman–Crippen MR) is 65.0 cm³/mol. The van der Waals surface area contributed by atoms with Crippen LogP contribution < -0.4 is 5.73 Å². The molecule has 80 valence electrons. The second-order valence-electron chi connectivity index (χ2n) is 3.88. The van der Waals surface area contributed by atoms with Crippen LogP contribution in [0.3, 0.4) is 0 Å². The molecule has 2 heterocycles. The maximum atomic E-state index is 5.63. The van der Waals surface area contributed by atoms with Gasteiger partial charge < -0.3 is 10.7 Å². The van der Waals surface area contributed by atoms with Gasteiger partial charge in [-0.1, -0.05) is 18.2 Å². The molecule has 0 aliphatic rings. The van der Waals surface area contributed by atoms with Crippen LogP contribution in [-0.2, 0) is 0 Å². The maximum absolute atomic E-state index is 5.63. The van der Waals surface area contributed by atoms with Gasteiger partial charge in [0, 0.05) is 28.2 Å². The van der Waals surface area contributed by atoms with Crippen LogP contribution >= 0.6 is 0 Å². The fourth-order valence-electron chi connectivity index (χ4n) is 2.09. The van der Waals surface area contributed by atoms with Gasteiger partial charge in [-0.25, -0.2) is 0 Å². The van der Waals surface area contributed by atoms with Crippen LogP contribution in [0.15, 0.2) is 30.3 Å². The minimum atomic E-state index is 0.514. The smallest absolute Gasteiger partial charge is 0.145 e. The number of para-hydroxylation sites is 1. The first kappa shape index (κ1) is 9.03. The fourth-order valence-corrected chi connectivity index (χ4v) is 2.09. The number of nitrogen functional groups attached to an aromatic ring is 1. The van der Waals surface area contributed by atoms with Crippen LogP contribution in [0.5, 0.6) is 0 Å². The van der Waals surface area contributed by atoms with Gasteiger partial charge in [0.15, 0.2) is 0 Å². The first-order valence-corrected chi connectivity index (χ1v) is 5.14. The fraction of sp³-hybridized carbons (Fsp3) is 0.0833. The van der Waals surface area contributed by atoms with Crippen molar-refractivity contribution in [3.63, 3.8) is 0 Å². The van der Waals surface area contributed by atoms with Crippen LogP contribution in [0.1, 0.15) is 5.69 Å². The summed E-state index contributed by atoms with van der Waals surface area (Å²) in [7, 11) is 0. The van der Waals surface area contributed by atoms with Gasteiger partial charge in [-0.15, -0.1) is 0 Å². The van der Waals surface area contributed by atoms with E-state index in [2.05, 4.69) is 27.3 Å². The van der Waals surface area contributed by atoms with Crippen molar-refractivity contribution in [2.24, 2.45) is 0 Å². The number of aromatic amines is 2. The first-order valence-electron chi connectivity index (χ1n) is 5.14. The second kappa shape index (κ2) is 3.13. The molecule has 0 aliphatic carbocycles. The molecule has 4 nitrogen and oxygen atoms in total. The summed E-state index contributed by atoms with van der Waals surface area (Å²) in [5.41, 5.74) is 9.96. The topological polar surface area (TPSA) is 70.5 Å². The molecule has 0 saturated carbocycles. The monoisotopic (exact) mass is 212 g/mol. The summed E-state index contributed by atoms with van der Waals surface area (Å²) >= 11 is 0. The third kappa shape index (κ3) is 1.20. The molecule has 2 aromatic heterocycles. The Morgan fingerprint density at radius 1 is 1.25 bits per heavy atom. The number of aromatic nitrogens is 3. The van der Waals surface area contributed by atoms with E-state index in [1.165, 1.54) is 5.39 Å². The van der Waals surface area contributed by atoms with Crippen molar-refractivity contribution in [1.29, 1.82) is 0 Å². The van der Waals surface area contributed by atoms with Crippen molar-refractivity contribution >= 4 is 16.7 Å². The normalized spacial score (nSPS) is 11.1. The van der Waals surface area contributed by atoms with Crippen LogP contribution in [-0.4, -0.2) is 15.2 Å². The number of rotatable bonds is 1. The molecule has 16 heavy (non-hydrogen) atoms. The highest BCUT2D eigenvalue weighted by Gasteiger charge is 2.11. The number of nitrogens with one attached hydrogen (secondary N) is 2. The van der Waals surface area contributed by atoms with Crippen molar-refractivity contribution in [3.05, 3.63) is 36.0 Å². The van der Waals surface area contributed by atoms with E-state index in [1.807, 2.05) is 25.1 Å². The van der Waals surface area contributed by atoms with E-state index in [-0.39, 0.29) is 0 Å². The molecule has 3 aromatic rings. The second-order valence-corrected chi connectivity index (χ2v) is 3.88. The number of fused-ring (bicyclic) bond motifs is 1. The third-order valence-electron chi connectivity index (χ3n) is 2.76. The molecule has 0 atom stereocenters. The molecule has 0 radical (unpaired) electrons. The Kier molecular flexibility index (Phi) is 1.77. The minimum Gasteiger partial charge on any atom is -0.382 e. The van der Waals surface area contributed by atoms with E-state index in [1.54, 1.807) is 0 Å². The average Bonchev–Trinajstić information content (AvgIpc) is 2.80. The lowest BCUT2D eigenvalue weighted by Crippen LogP contribution is -1.81. The molecule has 0 bridgehead atoms. The van der Waals surface area contributed by atoms with Crippen molar-refractivity contribution in [2.45, 2.75) is 6.92 Å². The first-order chi connectivity index (χ1) is 7.75. The Morgan fingerprint density at radius 3 is 2.81 bits per heavy atom. The van der Waals surface area contributed by atoms with Gasteiger partial charge in [0.05, 0.1) is 5.69 Å². The minimum absolute atomic E-state index is 0.514. The zero-order valence-corrected chi connectivity index (χ0v) is 8.91. The molecule has 1 aromatic carbocycles. The lowest BCUT2D eigenvalue weighted by molar-refractivity contribution is 1.10. The summed E-state index contributed by atoms with van der Waals surface area (Å²) in [6.45, 7) is 2.05. The molecule has 0 amide bonds. The Labute approximate surface area is 92.5 Å². The zero-order chi connectivity index (χ0) is 11.1. The van der Waals surface area contributed by atoms with Crippen LogP contribution in [0.4, 0.5) is 5.82 Å². The number of benzene rings is 1. The Balaban J connectivity index is 2.34. The van der Waals surface area contributed by atoms with Gasteiger partial charge in [-0.05, 0) is 13.0 Å². The Hall–Kier alpha value is -2.23. The van der Waals surface area contributed by atoms with Gasteiger partial charge in [-0.3, -0.25) is 5.10 Å². The Morgan fingerprint density at radius 2 is 2.06 bits per heavy atom. The van der Waals surface area contributed by atoms with Crippen molar-refractivity contribution in [3.8, 4) is 11.3 Å². The third-order valence-corrected chi connectivity index (χ3v) is 2.76. The summed E-state index contributed by atoms with van der Waals surface area (Å²) in [6.07, 6.45) is 0. The number of aryl methyl sites for hydroxylation is 1. The van der Waals surface area contributed by atoms with Crippen LogP contribution in [0.25, 0.3) is 22.2 Å². The summed E-state index contributed by atoms with van der Waals surface area (Å²) in [5.74, 6) is 0.514. The van der Waals surface area contributed by atoms with Gasteiger partial charge >= 0.3 is 0 Å². The summed E-state index contributed by atoms with van der Waals surface area (Å²) in [5, 5.41) is 8.09. The number of nitrogens with zero attached hydrogens (tertiary/aromatic N) is 1. The number of nitrogens with two attached hydrogens (primary N) is 1. The average molecular weight is 212 g/mol. The maximum Gasteiger partial charge on any atom is 0.145 e. The highest BCUT2D eigenvalue weighted by molar-refractivity contribution is 5.96. The Bertz CT molecular complexity index is 648. The van der Waals surface area contributed by atoms with Crippen LogP contribution in [0.2, 0.25) is 0 Å². The van der Waals surface area contributed by atoms with E-state index in [4.69, 9.17) is 5.73 Å². The zero-order valence-electron chi connectivity index (χ0n) is 8.91. The molecular formula is C12H12N4.